The van der Waals surface area contributed by atoms with Crippen LogP contribution in [-0.2, 0) is 16.7 Å². The number of methoxy groups -OCH3 is 1. The van der Waals surface area contributed by atoms with Crippen LogP contribution in [0.3, 0.4) is 0 Å². The summed E-state index contributed by atoms with van der Waals surface area (Å²) in [5.41, 5.74) is 4.90. The summed E-state index contributed by atoms with van der Waals surface area (Å²) in [6.07, 6.45) is 3.62. The lowest BCUT2D eigenvalue weighted by Gasteiger charge is -2.41. The zero-order chi connectivity index (χ0) is 24.3. The highest BCUT2D eigenvalue weighted by Gasteiger charge is 2.38. The van der Waals surface area contributed by atoms with E-state index in [-0.39, 0.29) is 5.41 Å². The van der Waals surface area contributed by atoms with Gasteiger partial charge in [0.15, 0.2) is 0 Å². The minimum absolute atomic E-state index is 0.182. The Bertz CT molecular complexity index is 1140. The summed E-state index contributed by atoms with van der Waals surface area (Å²) >= 11 is 6.37. The molecule has 1 saturated heterocycles. The predicted octanol–water partition coefficient (Wildman–Crippen LogP) is 4.92. The van der Waals surface area contributed by atoms with Crippen molar-refractivity contribution in [2.45, 2.75) is 52.5 Å². The number of pyridine rings is 2. The summed E-state index contributed by atoms with van der Waals surface area (Å²) in [4.78, 5) is 21.0. The van der Waals surface area contributed by atoms with Gasteiger partial charge in [-0.25, -0.2) is 9.97 Å². The van der Waals surface area contributed by atoms with Crippen molar-refractivity contribution in [3.8, 4) is 5.75 Å². The number of anilines is 1. The van der Waals surface area contributed by atoms with Gasteiger partial charge >= 0.3 is 0 Å². The van der Waals surface area contributed by atoms with Crippen LogP contribution in [-0.4, -0.2) is 46.8 Å². The van der Waals surface area contributed by atoms with Gasteiger partial charge in [0.1, 0.15) is 22.5 Å². The quantitative estimate of drug-likeness (QED) is 0.443. The molecule has 7 nitrogen and oxygen atoms in total. The molecule has 0 spiro atoms. The lowest BCUT2D eigenvalue weighted by molar-refractivity contribution is 0.0505. The Labute approximate surface area is 206 Å². The van der Waals surface area contributed by atoms with E-state index in [1.165, 1.54) is 0 Å². The molecule has 3 aromatic rings. The molecule has 0 bridgehead atoms. The minimum Gasteiger partial charge on any atom is -0.496 e. The number of hydrogen-bond donors (Lipinski definition) is 0. The first-order valence-electron chi connectivity index (χ1n) is 11.6. The van der Waals surface area contributed by atoms with Crippen LogP contribution in [0.5, 0.6) is 5.75 Å². The molecular weight excluding hydrogens is 450 g/mol. The van der Waals surface area contributed by atoms with Crippen LogP contribution in [0.25, 0.3) is 0 Å². The molecule has 0 aliphatic carbocycles. The first-order valence-corrected chi connectivity index (χ1v) is 12.0. The number of ether oxygens (including phenoxy) is 2. The summed E-state index contributed by atoms with van der Waals surface area (Å²) in [6, 6.07) is 8.08. The summed E-state index contributed by atoms with van der Waals surface area (Å²) in [5.74, 6) is 2.27. The van der Waals surface area contributed by atoms with Crippen LogP contribution < -0.4 is 9.64 Å². The van der Waals surface area contributed by atoms with E-state index in [4.69, 9.17) is 36.0 Å². The number of halogens is 1. The monoisotopic (exact) mass is 481 g/mol. The van der Waals surface area contributed by atoms with E-state index >= 15 is 0 Å². The molecule has 0 radical (unpaired) electrons. The summed E-state index contributed by atoms with van der Waals surface area (Å²) in [5, 5.41) is 0.424. The van der Waals surface area contributed by atoms with Gasteiger partial charge in [0.05, 0.1) is 19.3 Å². The van der Waals surface area contributed by atoms with Gasteiger partial charge in [-0.3, -0.25) is 9.97 Å². The molecule has 1 aliphatic rings. The van der Waals surface area contributed by atoms with Crippen molar-refractivity contribution < 1.29 is 9.47 Å². The number of rotatable bonds is 7. The maximum absolute atomic E-state index is 6.37. The average Bonchev–Trinajstić information content (AvgIpc) is 2.81. The van der Waals surface area contributed by atoms with Crippen LogP contribution in [0.2, 0.25) is 5.15 Å². The fourth-order valence-corrected chi connectivity index (χ4v) is 4.99. The number of hydrogen-bond acceptors (Lipinski definition) is 7. The molecule has 0 unspecified atom stereocenters. The van der Waals surface area contributed by atoms with Gasteiger partial charge in [-0.1, -0.05) is 17.7 Å². The Balaban J connectivity index is 1.79. The third-order valence-electron chi connectivity index (χ3n) is 6.58. The molecule has 180 valence electrons. The molecule has 0 saturated carbocycles. The van der Waals surface area contributed by atoms with Gasteiger partial charge in [-0.15, -0.1) is 0 Å². The van der Waals surface area contributed by atoms with Crippen LogP contribution >= 0.6 is 11.6 Å². The van der Waals surface area contributed by atoms with E-state index in [2.05, 4.69) is 28.9 Å². The fourth-order valence-electron chi connectivity index (χ4n) is 4.77. The van der Waals surface area contributed by atoms with Gasteiger partial charge in [-0.05, 0) is 52.7 Å². The summed E-state index contributed by atoms with van der Waals surface area (Å²) in [6.45, 7) is 10.6. The predicted molar refractivity (Wildman–Crippen MR) is 134 cm³/mol. The van der Waals surface area contributed by atoms with Crippen molar-refractivity contribution in [3.63, 3.8) is 0 Å². The van der Waals surface area contributed by atoms with Crippen molar-refractivity contribution >= 4 is 17.4 Å². The molecule has 4 heterocycles. The Hall–Kier alpha value is -2.77. The second-order valence-corrected chi connectivity index (χ2v) is 9.44. The molecule has 0 aromatic carbocycles. The Kier molecular flexibility index (Phi) is 7.33. The molecule has 1 aliphatic heterocycles. The Morgan fingerprint density at radius 1 is 1.09 bits per heavy atom. The molecule has 3 aromatic heterocycles. The maximum atomic E-state index is 6.37. The standard InChI is InChI=1S/C26H32ClN5O2/c1-17-14-28-21(19(3)25(17)33-5)15-32(24-13-23(27)30-20(4)31-24)16-26(9-11-34-12-10-26)22-8-6-7-18(2)29-22/h6-8,13-14H,9-12,15-16H2,1-5H3. The highest BCUT2D eigenvalue weighted by molar-refractivity contribution is 6.29. The Morgan fingerprint density at radius 2 is 1.85 bits per heavy atom. The molecule has 0 amide bonds. The van der Waals surface area contributed by atoms with E-state index in [0.717, 1.165) is 52.6 Å². The van der Waals surface area contributed by atoms with Gasteiger partial charge in [0.2, 0.25) is 0 Å². The van der Waals surface area contributed by atoms with Crippen LogP contribution in [0.15, 0.2) is 30.5 Å². The van der Waals surface area contributed by atoms with Gasteiger partial charge in [-0.2, -0.15) is 0 Å². The third kappa shape index (κ3) is 5.15. The highest BCUT2D eigenvalue weighted by Crippen LogP contribution is 2.37. The number of aryl methyl sites for hydroxylation is 3. The van der Waals surface area contributed by atoms with Crippen LogP contribution in [0.4, 0.5) is 5.82 Å². The number of nitrogens with zero attached hydrogens (tertiary/aromatic N) is 5. The van der Waals surface area contributed by atoms with Crippen molar-refractivity contribution in [3.05, 3.63) is 69.6 Å². The van der Waals surface area contributed by atoms with Crippen molar-refractivity contribution in [1.82, 2.24) is 19.9 Å². The smallest absolute Gasteiger partial charge is 0.134 e. The minimum atomic E-state index is -0.182. The van der Waals surface area contributed by atoms with E-state index in [0.29, 0.717) is 37.3 Å². The molecule has 8 heteroatoms. The highest BCUT2D eigenvalue weighted by atomic mass is 35.5. The zero-order valence-electron chi connectivity index (χ0n) is 20.6. The van der Waals surface area contributed by atoms with E-state index in [1.807, 2.05) is 39.1 Å². The normalized spacial score (nSPS) is 15.2. The van der Waals surface area contributed by atoms with Crippen molar-refractivity contribution in [2.24, 2.45) is 0 Å². The zero-order valence-corrected chi connectivity index (χ0v) is 21.3. The first kappa shape index (κ1) is 24.4. The second-order valence-electron chi connectivity index (χ2n) is 9.06. The molecular formula is C26H32ClN5O2. The fraction of sp³-hybridized carbons (Fsp3) is 0.462. The van der Waals surface area contributed by atoms with Crippen molar-refractivity contribution in [2.75, 3.05) is 31.8 Å². The Morgan fingerprint density at radius 3 is 2.53 bits per heavy atom. The first-order chi connectivity index (χ1) is 16.3. The van der Waals surface area contributed by atoms with Crippen LogP contribution in [0, 0.1) is 27.7 Å². The maximum Gasteiger partial charge on any atom is 0.134 e. The van der Waals surface area contributed by atoms with E-state index in [1.54, 1.807) is 7.11 Å². The molecule has 0 atom stereocenters. The average molecular weight is 482 g/mol. The van der Waals surface area contributed by atoms with Gasteiger partial charge < -0.3 is 14.4 Å². The number of aromatic nitrogens is 4. The molecule has 34 heavy (non-hydrogen) atoms. The second kappa shape index (κ2) is 10.2. The lowest BCUT2D eigenvalue weighted by atomic mass is 9.76. The van der Waals surface area contributed by atoms with Gasteiger partial charge in [0.25, 0.3) is 0 Å². The summed E-state index contributed by atoms with van der Waals surface area (Å²) in [7, 11) is 1.70. The topological polar surface area (TPSA) is 73.3 Å². The SMILES string of the molecule is COc1c(C)cnc(CN(CC2(c3cccc(C)n3)CCOCC2)c2cc(Cl)nc(C)n2)c1C. The molecule has 4 rings (SSSR count). The lowest BCUT2D eigenvalue weighted by Crippen LogP contribution is -2.45. The van der Waals surface area contributed by atoms with Gasteiger partial charge in [0, 0.05) is 60.0 Å². The van der Waals surface area contributed by atoms with E-state index < -0.39 is 0 Å². The van der Waals surface area contributed by atoms with Crippen molar-refractivity contribution in [1.29, 1.82) is 0 Å². The third-order valence-corrected chi connectivity index (χ3v) is 6.78. The summed E-state index contributed by atoms with van der Waals surface area (Å²) < 4.78 is 11.4. The largest absolute Gasteiger partial charge is 0.496 e. The van der Waals surface area contributed by atoms with E-state index in [9.17, 15) is 0 Å². The molecule has 0 N–H and O–H groups in total. The van der Waals surface area contributed by atoms with Crippen LogP contribution in [0.1, 0.15) is 46.9 Å². The molecule has 1 fully saturated rings.